The van der Waals surface area contributed by atoms with E-state index < -0.39 is 5.41 Å². The number of nitrogens with zero attached hydrogens (tertiary/aromatic N) is 2. The van der Waals surface area contributed by atoms with Crippen LogP contribution in [0, 0.1) is 0 Å². The van der Waals surface area contributed by atoms with Crippen LogP contribution in [0.25, 0.3) is 33.4 Å². The lowest BCUT2D eigenvalue weighted by atomic mass is 9.65. The van der Waals surface area contributed by atoms with Crippen LogP contribution in [-0.4, -0.2) is 11.7 Å². The van der Waals surface area contributed by atoms with Crippen molar-refractivity contribution in [1.29, 1.82) is 0 Å². The molecule has 0 radical (unpaired) electrons. The van der Waals surface area contributed by atoms with Gasteiger partial charge in [-0.05, 0) is 56.6 Å². The fourth-order valence-corrected chi connectivity index (χ4v) is 9.01. The lowest BCUT2D eigenvalue weighted by Gasteiger charge is -2.40. The highest BCUT2D eigenvalue weighted by molar-refractivity contribution is 6.15. The van der Waals surface area contributed by atoms with E-state index in [9.17, 15) is 0 Å². The highest BCUT2D eigenvalue weighted by atomic mass is 16.5. The Morgan fingerprint density at radius 1 is 0.429 bits per heavy atom. The average molecular weight is 718 g/mol. The zero-order valence-corrected chi connectivity index (χ0v) is 30.4. The largest absolute Gasteiger partial charge is 0.456 e. The number of nitrogens with one attached hydrogen (secondary N) is 1. The van der Waals surface area contributed by atoms with Gasteiger partial charge >= 0.3 is 0 Å². The molecule has 0 saturated carbocycles. The number of para-hydroxylation sites is 2. The predicted octanol–water partition coefficient (Wildman–Crippen LogP) is 12.0. The molecule has 0 amide bonds. The Morgan fingerprint density at radius 3 is 1.70 bits per heavy atom. The quantitative estimate of drug-likeness (QED) is 0.193. The van der Waals surface area contributed by atoms with Gasteiger partial charge in [0.25, 0.3) is 0 Å². The van der Waals surface area contributed by atoms with E-state index >= 15 is 0 Å². The Bertz CT molecular complexity index is 2830. The lowest BCUT2D eigenvalue weighted by Crippen LogP contribution is -2.34. The van der Waals surface area contributed by atoms with E-state index in [1.54, 1.807) is 0 Å². The summed E-state index contributed by atoms with van der Waals surface area (Å²) < 4.78 is 7.01. The maximum atomic E-state index is 7.01. The molecule has 56 heavy (non-hydrogen) atoms. The van der Waals surface area contributed by atoms with Crippen LogP contribution in [0.4, 0.5) is 0 Å². The molecule has 8 aromatic carbocycles. The third-order valence-corrected chi connectivity index (χ3v) is 11.4. The second kappa shape index (κ2) is 12.9. The predicted molar refractivity (Wildman–Crippen MR) is 227 cm³/mol. The first kappa shape index (κ1) is 32.2. The Kier molecular flexibility index (Phi) is 7.42. The molecule has 2 heterocycles. The first-order chi connectivity index (χ1) is 27.8. The van der Waals surface area contributed by atoms with Crippen molar-refractivity contribution in [2.75, 3.05) is 0 Å². The van der Waals surface area contributed by atoms with Gasteiger partial charge in [0.2, 0.25) is 0 Å². The van der Waals surface area contributed by atoms with Gasteiger partial charge in [-0.25, -0.2) is 9.98 Å². The summed E-state index contributed by atoms with van der Waals surface area (Å²) in [4.78, 5) is 10.4. The lowest BCUT2D eigenvalue weighted by molar-refractivity contribution is 0.438. The first-order valence-electron chi connectivity index (χ1n) is 19.1. The molecule has 1 N–H and O–H groups in total. The zero-order chi connectivity index (χ0) is 37.1. The van der Waals surface area contributed by atoms with Gasteiger partial charge in [0.1, 0.15) is 23.5 Å². The third-order valence-electron chi connectivity index (χ3n) is 11.4. The number of aliphatic imine (C=N–C) groups is 2. The van der Waals surface area contributed by atoms with Crippen LogP contribution >= 0.6 is 0 Å². The van der Waals surface area contributed by atoms with Crippen LogP contribution in [0.15, 0.2) is 210 Å². The fraction of sp³-hybridized carbons (Fsp3) is 0.0385. The molecule has 264 valence electrons. The topological polar surface area (TPSA) is 46.0 Å². The van der Waals surface area contributed by atoms with E-state index in [2.05, 4.69) is 181 Å². The van der Waals surface area contributed by atoms with Crippen molar-refractivity contribution in [2.45, 2.75) is 11.6 Å². The summed E-state index contributed by atoms with van der Waals surface area (Å²) >= 11 is 0. The Balaban J connectivity index is 1.06. The minimum atomic E-state index is -0.525. The van der Waals surface area contributed by atoms with E-state index in [1.165, 1.54) is 22.3 Å². The smallest absolute Gasteiger partial charge is 0.159 e. The summed E-state index contributed by atoms with van der Waals surface area (Å²) in [6, 6.07) is 70.7. The van der Waals surface area contributed by atoms with Crippen LogP contribution < -0.4 is 10.1 Å². The minimum absolute atomic E-state index is 0.386. The molecule has 1 unspecified atom stereocenters. The van der Waals surface area contributed by atoms with E-state index in [-0.39, 0.29) is 6.17 Å². The number of fused-ring (bicyclic) bond motifs is 9. The van der Waals surface area contributed by atoms with Crippen LogP contribution in [0.2, 0.25) is 0 Å². The van der Waals surface area contributed by atoms with Gasteiger partial charge in [0.05, 0.1) is 5.41 Å². The Hall–Kier alpha value is -7.30. The van der Waals surface area contributed by atoms with Crippen LogP contribution in [0.1, 0.15) is 45.1 Å². The molecular weight excluding hydrogens is 683 g/mol. The molecule has 0 bridgehead atoms. The van der Waals surface area contributed by atoms with Crippen molar-refractivity contribution >= 4 is 11.7 Å². The molecule has 4 heteroatoms. The van der Waals surface area contributed by atoms with Gasteiger partial charge in [0, 0.05) is 27.8 Å². The maximum Gasteiger partial charge on any atom is 0.159 e. The van der Waals surface area contributed by atoms with E-state index in [1.807, 2.05) is 24.3 Å². The molecule has 1 spiro atoms. The average Bonchev–Trinajstić information content (AvgIpc) is 3.57. The molecule has 0 fully saturated rings. The number of hydrogen-bond acceptors (Lipinski definition) is 4. The Labute approximate surface area is 326 Å². The summed E-state index contributed by atoms with van der Waals surface area (Å²) in [6.07, 6.45) is -0.386. The first-order valence-corrected chi connectivity index (χ1v) is 19.1. The fourth-order valence-electron chi connectivity index (χ4n) is 9.01. The maximum absolute atomic E-state index is 7.01. The van der Waals surface area contributed by atoms with Gasteiger partial charge in [-0.3, -0.25) is 0 Å². The Morgan fingerprint density at radius 2 is 0.964 bits per heavy atom. The van der Waals surface area contributed by atoms with Crippen molar-refractivity contribution in [1.82, 2.24) is 5.32 Å². The van der Waals surface area contributed by atoms with Gasteiger partial charge in [-0.1, -0.05) is 188 Å². The number of rotatable bonds is 5. The molecule has 3 aliphatic rings. The van der Waals surface area contributed by atoms with Gasteiger partial charge in [-0.2, -0.15) is 0 Å². The molecule has 1 aliphatic carbocycles. The van der Waals surface area contributed by atoms with Crippen molar-refractivity contribution in [3.63, 3.8) is 0 Å². The van der Waals surface area contributed by atoms with Crippen LogP contribution in [0.3, 0.4) is 0 Å². The summed E-state index contributed by atoms with van der Waals surface area (Å²) in [5, 5.41) is 3.74. The number of hydrogen-bond donors (Lipinski definition) is 1. The number of benzene rings is 8. The highest BCUT2D eigenvalue weighted by Crippen LogP contribution is 2.63. The van der Waals surface area contributed by atoms with Crippen LogP contribution in [0.5, 0.6) is 11.5 Å². The zero-order valence-electron chi connectivity index (χ0n) is 30.4. The van der Waals surface area contributed by atoms with Crippen molar-refractivity contribution < 1.29 is 4.74 Å². The van der Waals surface area contributed by atoms with E-state index in [0.29, 0.717) is 5.84 Å². The summed E-state index contributed by atoms with van der Waals surface area (Å²) in [7, 11) is 0. The molecule has 8 aromatic rings. The molecule has 2 aliphatic heterocycles. The SMILES string of the molecule is c1ccc(C2=NC(c3cccc(-c4cccc5c4Oc4ccccc4C54c5ccccc5-c5ccccc54)c3)NC(c3ccccc3-c3ccccc3)=N2)cc1. The van der Waals surface area contributed by atoms with E-state index in [4.69, 9.17) is 14.7 Å². The summed E-state index contributed by atoms with van der Waals surface area (Å²) in [6.45, 7) is 0. The molecule has 4 nitrogen and oxygen atoms in total. The van der Waals surface area contributed by atoms with Crippen LogP contribution in [-0.2, 0) is 5.41 Å². The van der Waals surface area contributed by atoms with E-state index in [0.717, 1.165) is 67.4 Å². The second-order valence-corrected chi connectivity index (χ2v) is 14.5. The van der Waals surface area contributed by atoms with Crippen molar-refractivity contribution in [2.24, 2.45) is 9.98 Å². The molecule has 0 aromatic heterocycles. The second-order valence-electron chi connectivity index (χ2n) is 14.5. The number of ether oxygens (including phenoxy) is 1. The van der Waals surface area contributed by atoms with Gasteiger partial charge in [-0.15, -0.1) is 0 Å². The minimum Gasteiger partial charge on any atom is -0.456 e. The molecule has 0 saturated heterocycles. The summed E-state index contributed by atoms with van der Waals surface area (Å²) in [5.41, 5.74) is 14.2. The van der Waals surface area contributed by atoms with Gasteiger partial charge in [0.15, 0.2) is 5.84 Å². The van der Waals surface area contributed by atoms with Crippen molar-refractivity contribution in [3.05, 3.63) is 239 Å². The third kappa shape index (κ3) is 4.93. The molecule has 1 atom stereocenters. The molecule has 11 rings (SSSR count). The summed E-state index contributed by atoms with van der Waals surface area (Å²) in [5.74, 6) is 3.22. The normalized spacial score (nSPS) is 15.6. The standard InChI is InChI=1S/C52H35N3O/c1-3-17-34(18-4-1)38-23-7-8-26-42(38)51-54-49(35-19-5-2-6-20-35)53-50(55-51)37-22-15-21-36(33-37)39-27-16-31-46-48(39)56-47-32-14-13-30-45(47)52(46)43-28-11-9-24-40(43)41-25-10-12-29-44(41)52/h1-33,50H,(H,53,54,55). The van der Waals surface area contributed by atoms with Crippen molar-refractivity contribution in [3.8, 4) is 44.9 Å². The highest BCUT2D eigenvalue weighted by Gasteiger charge is 2.51. The van der Waals surface area contributed by atoms with Gasteiger partial charge < -0.3 is 10.1 Å². The molecular formula is C52H35N3O. The number of amidine groups is 2. The monoisotopic (exact) mass is 717 g/mol.